The highest BCUT2D eigenvalue weighted by Crippen LogP contribution is 2.28. The Labute approximate surface area is 191 Å². The lowest BCUT2D eigenvalue weighted by Gasteiger charge is -2.11. The molecule has 33 heavy (non-hydrogen) atoms. The van der Waals surface area contributed by atoms with Gasteiger partial charge >= 0.3 is 0 Å². The van der Waals surface area contributed by atoms with Gasteiger partial charge in [-0.3, -0.25) is 9.48 Å². The van der Waals surface area contributed by atoms with Crippen LogP contribution in [0.15, 0.2) is 52.9 Å². The highest BCUT2D eigenvalue weighted by molar-refractivity contribution is 7.91. The number of hydrogen-bond donors (Lipinski definition) is 1. The Balaban J connectivity index is 1.32. The van der Waals surface area contributed by atoms with Crippen LogP contribution in [-0.2, 0) is 21.1 Å². The first-order valence-corrected chi connectivity index (χ1v) is 12.6. The van der Waals surface area contributed by atoms with Crippen LogP contribution in [0.5, 0.6) is 0 Å². The SMILES string of the molecule is Cc1nn([C@H]2CCS(=O)(=O)C2)c(C)c1CC(=O)Nc1cccc(-c2nc3ccccc3o2)c1. The van der Waals surface area contributed by atoms with E-state index in [0.29, 0.717) is 23.6 Å². The Hall–Kier alpha value is -3.46. The quantitative estimate of drug-likeness (QED) is 0.481. The minimum atomic E-state index is -3.02. The lowest BCUT2D eigenvalue weighted by molar-refractivity contribution is -0.115. The number of anilines is 1. The van der Waals surface area contributed by atoms with Crippen LogP contribution < -0.4 is 5.32 Å². The number of sulfone groups is 1. The molecule has 0 aliphatic carbocycles. The molecule has 1 N–H and O–H groups in total. The van der Waals surface area contributed by atoms with Gasteiger partial charge in [0.2, 0.25) is 11.8 Å². The average molecular weight is 465 g/mol. The van der Waals surface area contributed by atoms with Crippen LogP contribution in [0.4, 0.5) is 5.69 Å². The Morgan fingerprint density at radius 1 is 1.18 bits per heavy atom. The molecule has 0 radical (unpaired) electrons. The largest absolute Gasteiger partial charge is 0.436 e. The lowest BCUT2D eigenvalue weighted by atomic mass is 10.1. The van der Waals surface area contributed by atoms with Gasteiger partial charge in [-0.2, -0.15) is 5.10 Å². The molecule has 1 aliphatic rings. The molecule has 1 fully saturated rings. The van der Waals surface area contributed by atoms with Gasteiger partial charge in [0, 0.05) is 22.5 Å². The number of nitrogens with zero attached hydrogens (tertiary/aromatic N) is 3. The number of fused-ring (bicyclic) bond motifs is 1. The van der Waals surface area contributed by atoms with Gasteiger partial charge in [-0.25, -0.2) is 13.4 Å². The first-order chi connectivity index (χ1) is 15.8. The zero-order chi connectivity index (χ0) is 23.2. The number of rotatable bonds is 5. The average Bonchev–Trinajstić information content (AvgIpc) is 3.45. The number of hydrogen-bond acceptors (Lipinski definition) is 6. The van der Waals surface area contributed by atoms with E-state index in [4.69, 9.17) is 4.42 Å². The zero-order valence-corrected chi connectivity index (χ0v) is 19.2. The van der Waals surface area contributed by atoms with E-state index >= 15 is 0 Å². The molecule has 4 aromatic rings. The second kappa shape index (κ2) is 8.15. The molecule has 0 bridgehead atoms. The van der Waals surface area contributed by atoms with Crippen LogP contribution in [0, 0.1) is 13.8 Å². The van der Waals surface area contributed by atoms with E-state index in [1.807, 2.05) is 62.4 Å². The monoisotopic (exact) mass is 464 g/mol. The number of carbonyl (C=O) groups excluding carboxylic acids is 1. The van der Waals surface area contributed by atoms with Gasteiger partial charge in [0.05, 0.1) is 29.7 Å². The van der Waals surface area contributed by atoms with E-state index in [0.717, 1.165) is 28.0 Å². The van der Waals surface area contributed by atoms with Crippen molar-refractivity contribution in [2.75, 3.05) is 16.8 Å². The maximum absolute atomic E-state index is 12.8. The molecule has 1 saturated heterocycles. The summed E-state index contributed by atoms with van der Waals surface area (Å²) in [5, 5.41) is 7.48. The van der Waals surface area contributed by atoms with E-state index < -0.39 is 9.84 Å². The van der Waals surface area contributed by atoms with Gasteiger partial charge in [-0.15, -0.1) is 0 Å². The molecule has 8 nitrogen and oxygen atoms in total. The Morgan fingerprint density at radius 2 is 2.00 bits per heavy atom. The molecule has 0 saturated carbocycles. The molecule has 3 heterocycles. The van der Waals surface area contributed by atoms with Crippen molar-refractivity contribution in [3.63, 3.8) is 0 Å². The van der Waals surface area contributed by atoms with Crippen LogP contribution in [0.2, 0.25) is 0 Å². The number of aryl methyl sites for hydroxylation is 1. The number of aromatic nitrogens is 3. The van der Waals surface area contributed by atoms with Gasteiger partial charge < -0.3 is 9.73 Å². The molecule has 1 atom stereocenters. The number of carbonyl (C=O) groups is 1. The van der Waals surface area contributed by atoms with E-state index in [-0.39, 0.29) is 29.9 Å². The van der Waals surface area contributed by atoms with Crippen molar-refractivity contribution in [1.29, 1.82) is 0 Å². The van der Waals surface area contributed by atoms with Gasteiger partial charge in [-0.1, -0.05) is 18.2 Å². The van der Waals surface area contributed by atoms with Crippen molar-refractivity contribution in [3.8, 4) is 11.5 Å². The van der Waals surface area contributed by atoms with Gasteiger partial charge in [0.25, 0.3) is 0 Å². The number of nitrogens with one attached hydrogen (secondary N) is 1. The summed E-state index contributed by atoms with van der Waals surface area (Å²) in [4.78, 5) is 17.3. The van der Waals surface area contributed by atoms with E-state index in [1.54, 1.807) is 4.68 Å². The van der Waals surface area contributed by atoms with Crippen molar-refractivity contribution in [3.05, 3.63) is 65.5 Å². The fourth-order valence-corrected chi connectivity index (χ4v) is 6.06. The maximum atomic E-state index is 12.8. The van der Waals surface area contributed by atoms with Gasteiger partial charge in [0.1, 0.15) is 5.52 Å². The summed E-state index contributed by atoms with van der Waals surface area (Å²) in [5.41, 5.74) is 5.31. The molecule has 5 rings (SSSR count). The van der Waals surface area contributed by atoms with Crippen LogP contribution in [0.1, 0.15) is 29.4 Å². The third-order valence-corrected chi connectivity index (χ3v) is 7.80. The summed E-state index contributed by atoms with van der Waals surface area (Å²) < 4.78 is 31.3. The molecule has 9 heteroatoms. The predicted octanol–water partition coefficient (Wildman–Crippen LogP) is 3.85. The molecular weight excluding hydrogens is 440 g/mol. The number of benzene rings is 2. The second-order valence-electron chi connectivity index (χ2n) is 8.44. The predicted molar refractivity (Wildman–Crippen MR) is 126 cm³/mol. The molecule has 1 aliphatic heterocycles. The van der Waals surface area contributed by atoms with Crippen molar-refractivity contribution >= 4 is 32.5 Å². The standard InChI is InChI=1S/C24H24N4O4S/c1-15-20(16(2)28(27-15)19-10-11-33(30,31)14-19)13-23(29)25-18-7-5-6-17(12-18)24-26-21-8-3-4-9-22(21)32-24/h3-9,12,19H,10-11,13-14H2,1-2H3,(H,25,29)/t19-/m0/s1. The first kappa shape index (κ1) is 21.4. The molecular formula is C24H24N4O4S. The van der Waals surface area contributed by atoms with Crippen molar-refractivity contribution in [2.24, 2.45) is 0 Å². The Morgan fingerprint density at radius 3 is 2.76 bits per heavy atom. The third-order valence-electron chi connectivity index (χ3n) is 6.05. The van der Waals surface area contributed by atoms with Gasteiger partial charge in [-0.05, 0) is 50.6 Å². The van der Waals surface area contributed by atoms with Crippen molar-refractivity contribution in [1.82, 2.24) is 14.8 Å². The van der Waals surface area contributed by atoms with E-state index in [9.17, 15) is 13.2 Å². The van der Waals surface area contributed by atoms with Crippen LogP contribution in [0.25, 0.3) is 22.6 Å². The van der Waals surface area contributed by atoms with Crippen LogP contribution >= 0.6 is 0 Å². The minimum Gasteiger partial charge on any atom is -0.436 e. The second-order valence-corrected chi connectivity index (χ2v) is 10.7. The van der Waals surface area contributed by atoms with Crippen LogP contribution in [0.3, 0.4) is 0 Å². The summed E-state index contributed by atoms with van der Waals surface area (Å²) in [6.45, 7) is 3.74. The summed E-state index contributed by atoms with van der Waals surface area (Å²) in [6.07, 6.45) is 0.711. The van der Waals surface area contributed by atoms with Crippen LogP contribution in [-0.4, -0.2) is 40.6 Å². The highest BCUT2D eigenvalue weighted by Gasteiger charge is 2.31. The molecule has 2 aromatic heterocycles. The number of para-hydroxylation sites is 2. The Kier molecular flexibility index (Phi) is 5.28. The smallest absolute Gasteiger partial charge is 0.228 e. The van der Waals surface area contributed by atoms with E-state index in [2.05, 4.69) is 15.4 Å². The molecule has 0 unspecified atom stereocenters. The summed E-state index contributed by atoms with van der Waals surface area (Å²) >= 11 is 0. The van der Waals surface area contributed by atoms with Crippen molar-refractivity contribution in [2.45, 2.75) is 32.7 Å². The molecule has 170 valence electrons. The summed E-state index contributed by atoms with van der Waals surface area (Å²) in [5.74, 6) is 0.604. The number of oxazole rings is 1. The van der Waals surface area contributed by atoms with E-state index in [1.165, 1.54) is 0 Å². The fraction of sp³-hybridized carbons (Fsp3) is 0.292. The molecule has 0 spiro atoms. The lowest BCUT2D eigenvalue weighted by Crippen LogP contribution is -2.16. The normalized spacial score (nSPS) is 17.5. The van der Waals surface area contributed by atoms with Crippen molar-refractivity contribution < 1.29 is 17.6 Å². The first-order valence-electron chi connectivity index (χ1n) is 10.8. The maximum Gasteiger partial charge on any atom is 0.228 e. The highest BCUT2D eigenvalue weighted by atomic mass is 32.2. The summed E-state index contributed by atoms with van der Waals surface area (Å²) in [7, 11) is -3.02. The summed E-state index contributed by atoms with van der Waals surface area (Å²) in [6, 6.07) is 14.8. The number of amides is 1. The third kappa shape index (κ3) is 4.28. The zero-order valence-electron chi connectivity index (χ0n) is 18.4. The topological polar surface area (TPSA) is 107 Å². The molecule has 2 aromatic carbocycles. The minimum absolute atomic E-state index is 0.100. The Bertz CT molecular complexity index is 1440. The van der Waals surface area contributed by atoms with Gasteiger partial charge in [0.15, 0.2) is 15.4 Å². The fourth-order valence-electron chi connectivity index (χ4n) is 4.37. The molecule has 1 amide bonds.